The van der Waals surface area contributed by atoms with Crippen LogP contribution in [0.15, 0.2) is 83.3 Å². The van der Waals surface area contributed by atoms with Crippen LogP contribution in [0.4, 0.5) is 10.5 Å². The first-order valence-electron chi connectivity index (χ1n) is 7.82. The van der Waals surface area contributed by atoms with Gasteiger partial charge in [-0.25, -0.2) is 4.79 Å². The first kappa shape index (κ1) is 17.0. The van der Waals surface area contributed by atoms with Gasteiger partial charge < -0.3 is 15.4 Å². The van der Waals surface area contributed by atoms with Gasteiger partial charge in [0, 0.05) is 11.0 Å². The van der Waals surface area contributed by atoms with Gasteiger partial charge >= 0.3 is 6.03 Å². The predicted molar refractivity (Wildman–Crippen MR) is 103 cm³/mol. The van der Waals surface area contributed by atoms with Crippen molar-refractivity contribution in [3.63, 3.8) is 0 Å². The molecule has 0 bridgehead atoms. The lowest BCUT2D eigenvalue weighted by Gasteiger charge is -2.13. The molecule has 0 unspecified atom stereocenters. The first-order chi connectivity index (χ1) is 12.2. The molecule has 0 spiro atoms. The zero-order chi connectivity index (χ0) is 17.5. The summed E-state index contributed by atoms with van der Waals surface area (Å²) in [6.45, 7) is 0.426. The van der Waals surface area contributed by atoms with E-state index in [0.29, 0.717) is 23.7 Å². The Bertz CT molecular complexity index is 853. The third kappa shape index (κ3) is 4.84. The highest BCUT2D eigenvalue weighted by Gasteiger charge is 2.08. The summed E-state index contributed by atoms with van der Waals surface area (Å²) in [5.74, 6) is 1.30. The van der Waals surface area contributed by atoms with Gasteiger partial charge in [0.25, 0.3) is 0 Å². The Labute approximate surface area is 155 Å². The number of nitrogens with one attached hydrogen (secondary N) is 2. The van der Waals surface area contributed by atoms with E-state index in [1.807, 2.05) is 72.8 Å². The molecule has 0 saturated carbocycles. The SMILES string of the molecule is O=C(NCc1ccccc1Br)Nc1ccccc1Oc1ccccc1. The number of urea groups is 1. The monoisotopic (exact) mass is 396 g/mol. The maximum absolute atomic E-state index is 12.2. The summed E-state index contributed by atoms with van der Waals surface area (Å²) in [6.07, 6.45) is 0. The second-order valence-corrected chi connectivity index (χ2v) is 6.16. The van der Waals surface area contributed by atoms with Crippen LogP contribution in [0, 0.1) is 0 Å². The minimum absolute atomic E-state index is 0.292. The van der Waals surface area contributed by atoms with Gasteiger partial charge in [0.05, 0.1) is 5.69 Å². The molecule has 0 aliphatic rings. The molecular weight excluding hydrogens is 380 g/mol. The summed E-state index contributed by atoms with van der Waals surface area (Å²) in [5, 5.41) is 5.67. The van der Waals surface area contributed by atoms with Crippen LogP contribution < -0.4 is 15.4 Å². The summed E-state index contributed by atoms with van der Waals surface area (Å²) in [4.78, 5) is 12.2. The summed E-state index contributed by atoms with van der Waals surface area (Å²) >= 11 is 3.47. The third-order valence-corrected chi connectivity index (χ3v) is 4.28. The number of carbonyl (C=O) groups excluding carboxylic acids is 1. The third-order valence-electron chi connectivity index (χ3n) is 3.50. The first-order valence-corrected chi connectivity index (χ1v) is 8.62. The van der Waals surface area contributed by atoms with Crippen molar-refractivity contribution in [3.8, 4) is 11.5 Å². The molecule has 0 fully saturated rings. The molecule has 0 saturated heterocycles. The molecule has 0 aliphatic heterocycles. The van der Waals surface area contributed by atoms with Crippen LogP contribution in [-0.4, -0.2) is 6.03 Å². The second kappa shape index (κ2) is 8.35. The van der Waals surface area contributed by atoms with Crippen molar-refractivity contribution in [1.82, 2.24) is 5.32 Å². The molecule has 5 heteroatoms. The number of para-hydroxylation sites is 3. The van der Waals surface area contributed by atoms with Crippen molar-refractivity contribution in [1.29, 1.82) is 0 Å². The molecule has 3 aromatic carbocycles. The summed E-state index contributed by atoms with van der Waals surface area (Å²) in [6, 6.07) is 24.3. The van der Waals surface area contributed by atoms with Crippen LogP contribution in [-0.2, 0) is 6.54 Å². The van der Waals surface area contributed by atoms with E-state index in [1.54, 1.807) is 6.07 Å². The van der Waals surface area contributed by atoms with E-state index < -0.39 is 0 Å². The van der Waals surface area contributed by atoms with Gasteiger partial charge in [-0.15, -0.1) is 0 Å². The zero-order valence-electron chi connectivity index (χ0n) is 13.4. The number of rotatable bonds is 5. The molecule has 3 rings (SSSR count). The normalized spacial score (nSPS) is 10.1. The maximum atomic E-state index is 12.2. The van der Waals surface area contributed by atoms with Crippen molar-refractivity contribution in [2.75, 3.05) is 5.32 Å². The lowest BCUT2D eigenvalue weighted by Crippen LogP contribution is -2.28. The van der Waals surface area contributed by atoms with Crippen molar-refractivity contribution >= 4 is 27.6 Å². The standard InChI is InChI=1S/C20H17BrN2O2/c21-17-11-5-4-8-15(17)14-22-20(24)23-18-12-6-7-13-19(18)25-16-9-2-1-3-10-16/h1-13H,14H2,(H2,22,23,24). The van der Waals surface area contributed by atoms with Gasteiger partial charge in [-0.05, 0) is 35.9 Å². The molecule has 3 aromatic rings. The van der Waals surface area contributed by atoms with E-state index in [2.05, 4.69) is 26.6 Å². The van der Waals surface area contributed by atoms with Gasteiger partial charge in [0.15, 0.2) is 5.75 Å². The quantitative estimate of drug-likeness (QED) is 0.592. The van der Waals surface area contributed by atoms with Gasteiger partial charge in [0.2, 0.25) is 0 Å². The molecule has 0 heterocycles. The molecule has 0 aliphatic carbocycles. The number of ether oxygens (including phenoxy) is 1. The number of anilines is 1. The average molecular weight is 397 g/mol. The van der Waals surface area contributed by atoms with E-state index in [-0.39, 0.29) is 6.03 Å². The van der Waals surface area contributed by atoms with Crippen LogP contribution in [0.1, 0.15) is 5.56 Å². The summed E-state index contributed by atoms with van der Waals surface area (Å²) < 4.78 is 6.80. The molecular formula is C20H17BrN2O2. The molecule has 2 amide bonds. The van der Waals surface area contributed by atoms with Gasteiger partial charge in [-0.1, -0.05) is 64.5 Å². The minimum Gasteiger partial charge on any atom is -0.455 e. The molecule has 126 valence electrons. The van der Waals surface area contributed by atoms with Crippen LogP contribution in [0.3, 0.4) is 0 Å². The van der Waals surface area contributed by atoms with Crippen LogP contribution in [0.2, 0.25) is 0 Å². The Hall–Kier alpha value is -2.79. The molecule has 0 aromatic heterocycles. The molecule has 2 N–H and O–H groups in total. The maximum Gasteiger partial charge on any atom is 0.319 e. The van der Waals surface area contributed by atoms with Crippen molar-refractivity contribution in [3.05, 3.63) is 88.9 Å². The number of benzene rings is 3. The Kier molecular flexibility index (Phi) is 5.69. The Morgan fingerprint density at radius 1 is 0.880 bits per heavy atom. The molecule has 0 atom stereocenters. The fourth-order valence-electron chi connectivity index (χ4n) is 2.26. The highest BCUT2D eigenvalue weighted by molar-refractivity contribution is 9.10. The fraction of sp³-hybridized carbons (Fsp3) is 0.0500. The predicted octanol–water partition coefficient (Wildman–Crippen LogP) is 5.56. The lowest BCUT2D eigenvalue weighted by molar-refractivity contribution is 0.251. The number of halogens is 1. The largest absolute Gasteiger partial charge is 0.455 e. The topological polar surface area (TPSA) is 50.4 Å². The van der Waals surface area contributed by atoms with Crippen LogP contribution in [0.25, 0.3) is 0 Å². The van der Waals surface area contributed by atoms with Gasteiger partial charge in [-0.3, -0.25) is 0 Å². The zero-order valence-corrected chi connectivity index (χ0v) is 15.0. The van der Waals surface area contributed by atoms with E-state index in [4.69, 9.17) is 4.74 Å². The van der Waals surface area contributed by atoms with Crippen LogP contribution in [0.5, 0.6) is 11.5 Å². The lowest BCUT2D eigenvalue weighted by atomic mass is 10.2. The Morgan fingerprint density at radius 3 is 2.36 bits per heavy atom. The van der Waals surface area contributed by atoms with E-state index >= 15 is 0 Å². The molecule has 25 heavy (non-hydrogen) atoms. The summed E-state index contributed by atoms with van der Waals surface area (Å²) in [7, 11) is 0. The number of carbonyl (C=O) groups is 1. The molecule has 4 nitrogen and oxygen atoms in total. The molecule has 0 radical (unpaired) electrons. The average Bonchev–Trinajstić information content (AvgIpc) is 2.64. The van der Waals surface area contributed by atoms with E-state index in [9.17, 15) is 4.79 Å². The van der Waals surface area contributed by atoms with Crippen LogP contribution >= 0.6 is 15.9 Å². The fourth-order valence-corrected chi connectivity index (χ4v) is 2.68. The highest BCUT2D eigenvalue weighted by atomic mass is 79.9. The number of hydrogen-bond donors (Lipinski definition) is 2. The van der Waals surface area contributed by atoms with Crippen molar-refractivity contribution in [2.24, 2.45) is 0 Å². The van der Waals surface area contributed by atoms with E-state index in [0.717, 1.165) is 10.0 Å². The Balaban J connectivity index is 1.64. The number of hydrogen-bond acceptors (Lipinski definition) is 2. The minimum atomic E-state index is -0.292. The van der Waals surface area contributed by atoms with Gasteiger partial charge in [0.1, 0.15) is 5.75 Å². The second-order valence-electron chi connectivity index (χ2n) is 5.31. The van der Waals surface area contributed by atoms with Crippen molar-refractivity contribution < 1.29 is 9.53 Å². The number of amides is 2. The van der Waals surface area contributed by atoms with Gasteiger partial charge in [-0.2, -0.15) is 0 Å². The summed E-state index contributed by atoms with van der Waals surface area (Å²) in [5.41, 5.74) is 1.61. The van der Waals surface area contributed by atoms with E-state index in [1.165, 1.54) is 0 Å². The highest BCUT2D eigenvalue weighted by Crippen LogP contribution is 2.29. The van der Waals surface area contributed by atoms with Crippen molar-refractivity contribution in [2.45, 2.75) is 6.54 Å². The Morgan fingerprint density at radius 2 is 1.56 bits per heavy atom. The smallest absolute Gasteiger partial charge is 0.319 e.